The highest BCUT2D eigenvalue weighted by Gasteiger charge is 2.22. The molecule has 0 radical (unpaired) electrons. The number of rotatable bonds is 8. The standard InChI is InChI=1S/C15H27NO/c1-2-3-4-5-9-12-15(16-13-17)14-10-7-6-8-11-14/h14-15H,2-12H2,1H3. The van der Waals surface area contributed by atoms with E-state index in [1.807, 2.05) is 0 Å². The lowest BCUT2D eigenvalue weighted by Gasteiger charge is -2.26. The van der Waals surface area contributed by atoms with Crippen molar-refractivity contribution in [3.8, 4) is 0 Å². The van der Waals surface area contributed by atoms with Crippen LogP contribution in [0.5, 0.6) is 0 Å². The van der Waals surface area contributed by atoms with Gasteiger partial charge in [-0.05, 0) is 25.2 Å². The van der Waals surface area contributed by atoms with Gasteiger partial charge >= 0.3 is 0 Å². The minimum Gasteiger partial charge on any atom is -0.211 e. The van der Waals surface area contributed by atoms with Crippen LogP contribution in [-0.2, 0) is 4.79 Å². The van der Waals surface area contributed by atoms with Crippen molar-refractivity contribution in [2.45, 2.75) is 83.6 Å². The van der Waals surface area contributed by atoms with Gasteiger partial charge in [0.25, 0.3) is 0 Å². The van der Waals surface area contributed by atoms with Crippen LogP contribution in [0.2, 0.25) is 0 Å². The Morgan fingerprint density at radius 3 is 2.47 bits per heavy atom. The van der Waals surface area contributed by atoms with Crippen LogP contribution in [0.25, 0.3) is 0 Å². The smallest absolute Gasteiger partial charge is 0.211 e. The molecule has 1 aliphatic rings. The number of hydrogen-bond acceptors (Lipinski definition) is 2. The van der Waals surface area contributed by atoms with Crippen LogP contribution in [-0.4, -0.2) is 12.1 Å². The van der Waals surface area contributed by atoms with Gasteiger partial charge in [0.1, 0.15) is 0 Å². The van der Waals surface area contributed by atoms with E-state index in [-0.39, 0.29) is 6.04 Å². The molecule has 1 rings (SSSR count). The lowest BCUT2D eigenvalue weighted by Crippen LogP contribution is -2.21. The zero-order valence-corrected chi connectivity index (χ0v) is 11.3. The first kappa shape index (κ1) is 14.4. The van der Waals surface area contributed by atoms with Gasteiger partial charge in [0.15, 0.2) is 0 Å². The zero-order chi connectivity index (χ0) is 12.3. The highest BCUT2D eigenvalue weighted by Crippen LogP contribution is 2.30. The van der Waals surface area contributed by atoms with Crippen LogP contribution in [0.4, 0.5) is 0 Å². The third kappa shape index (κ3) is 6.02. The second kappa shape index (κ2) is 9.41. The van der Waals surface area contributed by atoms with E-state index in [1.54, 1.807) is 6.08 Å². The molecule has 0 aromatic carbocycles. The average Bonchev–Trinajstić information content (AvgIpc) is 2.38. The summed E-state index contributed by atoms with van der Waals surface area (Å²) in [4.78, 5) is 14.6. The summed E-state index contributed by atoms with van der Waals surface area (Å²) in [6.07, 6.45) is 15.9. The quantitative estimate of drug-likeness (QED) is 0.344. The maximum absolute atomic E-state index is 10.5. The summed E-state index contributed by atoms with van der Waals surface area (Å²) in [6.45, 7) is 2.24. The zero-order valence-electron chi connectivity index (χ0n) is 11.3. The predicted molar refractivity (Wildman–Crippen MR) is 71.9 cm³/mol. The molecule has 0 aromatic heterocycles. The molecule has 1 unspecified atom stereocenters. The third-order valence-electron chi connectivity index (χ3n) is 4.02. The molecule has 1 fully saturated rings. The largest absolute Gasteiger partial charge is 0.235 e. The summed E-state index contributed by atoms with van der Waals surface area (Å²) in [6, 6.07) is 0.273. The second-order valence-electron chi connectivity index (χ2n) is 5.39. The molecular weight excluding hydrogens is 210 g/mol. The van der Waals surface area contributed by atoms with Gasteiger partial charge in [-0.1, -0.05) is 58.3 Å². The summed E-state index contributed by atoms with van der Waals surface area (Å²) in [5, 5.41) is 0. The van der Waals surface area contributed by atoms with E-state index < -0.39 is 0 Å². The first-order valence-electron chi connectivity index (χ1n) is 7.45. The normalized spacial score (nSPS) is 18.6. The van der Waals surface area contributed by atoms with Gasteiger partial charge in [0.2, 0.25) is 6.08 Å². The van der Waals surface area contributed by atoms with E-state index in [0.717, 1.165) is 6.42 Å². The second-order valence-corrected chi connectivity index (χ2v) is 5.39. The van der Waals surface area contributed by atoms with Crippen LogP contribution in [0, 0.1) is 5.92 Å². The van der Waals surface area contributed by atoms with Crippen LogP contribution in [0.1, 0.15) is 77.6 Å². The third-order valence-corrected chi connectivity index (χ3v) is 4.02. The van der Waals surface area contributed by atoms with Gasteiger partial charge < -0.3 is 0 Å². The monoisotopic (exact) mass is 237 g/mol. The number of carbonyl (C=O) groups excluding carboxylic acids is 1. The number of isocyanates is 1. The Kier molecular flexibility index (Phi) is 8.00. The number of nitrogens with zero attached hydrogens (tertiary/aromatic N) is 1. The minimum atomic E-state index is 0.273. The molecule has 0 heterocycles. The Labute approximate surface area is 106 Å². The Bertz CT molecular complexity index is 227. The van der Waals surface area contributed by atoms with Gasteiger partial charge in [-0.25, -0.2) is 9.79 Å². The summed E-state index contributed by atoms with van der Waals surface area (Å²) in [5.41, 5.74) is 0. The van der Waals surface area contributed by atoms with E-state index in [2.05, 4.69) is 11.9 Å². The first-order valence-corrected chi connectivity index (χ1v) is 7.45. The lowest BCUT2D eigenvalue weighted by molar-refractivity contribution is 0.291. The highest BCUT2D eigenvalue weighted by molar-refractivity contribution is 5.33. The fourth-order valence-corrected chi connectivity index (χ4v) is 2.95. The molecule has 0 N–H and O–H groups in total. The number of unbranched alkanes of at least 4 members (excludes halogenated alkanes) is 4. The van der Waals surface area contributed by atoms with Gasteiger partial charge in [-0.15, -0.1) is 0 Å². The molecular formula is C15H27NO. The molecule has 1 aliphatic carbocycles. The molecule has 1 saturated carbocycles. The van der Waals surface area contributed by atoms with Gasteiger partial charge in [-0.3, -0.25) is 0 Å². The Balaban J connectivity index is 2.24. The lowest BCUT2D eigenvalue weighted by atomic mass is 9.82. The molecule has 0 spiro atoms. The maximum atomic E-state index is 10.5. The molecule has 2 heteroatoms. The van der Waals surface area contributed by atoms with Crippen LogP contribution >= 0.6 is 0 Å². The topological polar surface area (TPSA) is 29.4 Å². The van der Waals surface area contributed by atoms with Crippen LogP contribution < -0.4 is 0 Å². The molecule has 98 valence electrons. The molecule has 0 aliphatic heterocycles. The first-order chi connectivity index (χ1) is 8.38. The Hall–Kier alpha value is -0.620. The predicted octanol–water partition coefficient (Wildman–Crippen LogP) is 4.63. The molecule has 1 atom stereocenters. The Morgan fingerprint density at radius 1 is 1.12 bits per heavy atom. The van der Waals surface area contributed by atoms with Crippen molar-refractivity contribution < 1.29 is 4.79 Å². The maximum Gasteiger partial charge on any atom is 0.235 e. The van der Waals surface area contributed by atoms with E-state index in [1.165, 1.54) is 64.2 Å². The van der Waals surface area contributed by atoms with Crippen molar-refractivity contribution in [2.75, 3.05) is 0 Å². The highest BCUT2D eigenvalue weighted by atomic mass is 16.1. The summed E-state index contributed by atoms with van der Waals surface area (Å²) in [7, 11) is 0. The van der Waals surface area contributed by atoms with Gasteiger partial charge in [-0.2, -0.15) is 0 Å². The van der Waals surface area contributed by atoms with Crippen molar-refractivity contribution in [1.82, 2.24) is 0 Å². The van der Waals surface area contributed by atoms with E-state index >= 15 is 0 Å². The number of aliphatic imine (C=N–C) groups is 1. The Morgan fingerprint density at radius 2 is 1.82 bits per heavy atom. The van der Waals surface area contributed by atoms with Crippen LogP contribution in [0.3, 0.4) is 0 Å². The molecule has 0 aromatic rings. The van der Waals surface area contributed by atoms with Crippen LogP contribution in [0.15, 0.2) is 4.99 Å². The summed E-state index contributed by atoms with van der Waals surface area (Å²) >= 11 is 0. The minimum absolute atomic E-state index is 0.273. The van der Waals surface area contributed by atoms with Crippen molar-refractivity contribution in [3.05, 3.63) is 0 Å². The molecule has 0 bridgehead atoms. The fraction of sp³-hybridized carbons (Fsp3) is 0.933. The van der Waals surface area contributed by atoms with Crippen molar-refractivity contribution >= 4 is 6.08 Å². The van der Waals surface area contributed by atoms with Crippen molar-refractivity contribution in [1.29, 1.82) is 0 Å². The molecule has 0 amide bonds. The molecule has 0 saturated heterocycles. The average molecular weight is 237 g/mol. The molecule has 2 nitrogen and oxygen atoms in total. The summed E-state index contributed by atoms with van der Waals surface area (Å²) < 4.78 is 0. The van der Waals surface area contributed by atoms with Gasteiger partial charge in [0.05, 0.1) is 6.04 Å². The summed E-state index contributed by atoms with van der Waals surface area (Å²) in [5.74, 6) is 0.663. The van der Waals surface area contributed by atoms with Gasteiger partial charge in [0, 0.05) is 0 Å². The van der Waals surface area contributed by atoms with Crippen molar-refractivity contribution in [3.63, 3.8) is 0 Å². The SMILES string of the molecule is CCCCCCCC(N=C=O)C1CCCCC1. The fourth-order valence-electron chi connectivity index (χ4n) is 2.95. The van der Waals surface area contributed by atoms with E-state index in [0.29, 0.717) is 5.92 Å². The number of hydrogen-bond donors (Lipinski definition) is 0. The van der Waals surface area contributed by atoms with E-state index in [9.17, 15) is 4.79 Å². The van der Waals surface area contributed by atoms with E-state index in [4.69, 9.17) is 0 Å². The van der Waals surface area contributed by atoms with Crippen molar-refractivity contribution in [2.24, 2.45) is 10.9 Å². The molecule has 17 heavy (non-hydrogen) atoms.